The number of carbonyl (C=O) groups is 1. The molecule has 5 aromatic rings. The Kier molecular flexibility index (Phi) is 6.77. The molecule has 0 aliphatic rings. The smallest absolute Gasteiger partial charge is 0.196 e. The topological polar surface area (TPSA) is 71.2 Å². The van der Waals surface area contributed by atoms with Crippen molar-refractivity contribution in [3.8, 4) is 17.2 Å². The number of rotatable bonds is 9. The number of nitrogens with zero attached hydrogens (tertiary/aromatic N) is 4. The molecule has 2 heterocycles. The molecule has 7 nitrogen and oxygen atoms in total. The van der Waals surface area contributed by atoms with Gasteiger partial charge in [0.05, 0.1) is 12.9 Å². The number of thioether (sulfide) groups is 1. The van der Waals surface area contributed by atoms with Crippen LogP contribution in [0.4, 0.5) is 0 Å². The van der Waals surface area contributed by atoms with Crippen molar-refractivity contribution >= 4 is 28.4 Å². The Morgan fingerprint density at radius 2 is 1.64 bits per heavy atom. The Morgan fingerprint density at radius 3 is 2.39 bits per heavy atom. The van der Waals surface area contributed by atoms with Gasteiger partial charge in [0.15, 0.2) is 22.9 Å². The van der Waals surface area contributed by atoms with Crippen molar-refractivity contribution in [2.45, 2.75) is 18.2 Å². The van der Waals surface area contributed by atoms with E-state index < -0.39 is 0 Å². The third kappa shape index (κ3) is 4.72. The number of Topliss-reactive ketones (excluding diaryl/α,β-unsaturated/α-hetero) is 1. The number of carbonyl (C=O) groups excluding carboxylic acids is 1. The van der Waals surface area contributed by atoms with Crippen molar-refractivity contribution in [3.63, 3.8) is 0 Å². The average Bonchev–Trinajstić information content (AvgIpc) is 3.50. The molecule has 0 saturated carbocycles. The second-order valence-electron chi connectivity index (χ2n) is 8.33. The van der Waals surface area contributed by atoms with Gasteiger partial charge in [0.1, 0.15) is 11.5 Å². The first-order valence-electron chi connectivity index (χ1n) is 11.6. The first-order valence-corrected chi connectivity index (χ1v) is 12.5. The zero-order valence-corrected chi connectivity index (χ0v) is 21.1. The van der Waals surface area contributed by atoms with Crippen LogP contribution in [0.2, 0.25) is 0 Å². The van der Waals surface area contributed by atoms with E-state index in [4.69, 9.17) is 9.47 Å². The molecule has 0 bridgehead atoms. The van der Waals surface area contributed by atoms with E-state index in [2.05, 4.69) is 10.2 Å². The van der Waals surface area contributed by atoms with E-state index in [0.29, 0.717) is 22.3 Å². The van der Waals surface area contributed by atoms with E-state index in [1.165, 1.54) is 11.8 Å². The largest absolute Gasteiger partial charge is 0.497 e. The van der Waals surface area contributed by atoms with Gasteiger partial charge in [0.2, 0.25) is 0 Å². The molecule has 36 heavy (non-hydrogen) atoms. The van der Waals surface area contributed by atoms with Gasteiger partial charge in [0, 0.05) is 35.4 Å². The highest BCUT2D eigenvalue weighted by molar-refractivity contribution is 7.99. The van der Waals surface area contributed by atoms with E-state index >= 15 is 0 Å². The first-order chi connectivity index (χ1) is 17.5. The van der Waals surface area contributed by atoms with Crippen LogP contribution in [-0.2, 0) is 7.05 Å². The van der Waals surface area contributed by atoms with Crippen LogP contribution in [0.5, 0.6) is 11.5 Å². The highest BCUT2D eigenvalue weighted by Gasteiger charge is 2.22. The predicted molar refractivity (Wildman–Crippen MR) is 141 cm³/mol. The summed E-state index contributed by atoms with van der Waals surface area (Å²) in [6.07, 6.45) is 1.51. The molecule has 0 amide bonds. The van der Waals surface area contributed by atoms with Gasteiger partial charge in [-0.15, -0.1) is 10.2 Å². The third-order valence-corrected chi connectivity index (χ3v) is 6.87. The summed E-state index contributed by atoms with van der Waals surface area (Å²) in [6, 6.07) is 25.2. The molecule has 1 atom stereocenters. The number of hydrogen-bond donors (Lipinski definition) is 0. The van der Waals surface area contributed by atoms with Crippen LogP contribution >= 0.6 is 11.8 Å². The SMILES string of the molecule is COc1ccc(OC(C)c2nnc(SCC(=O)c3cn(C)c4ccccc34)n2-c2ccccc2)cc1. The molecule has 8 heteroatoms. The molecule has 0 fully saturated rings. The molecule has 5 rings (SSSR count). The third-order valence-electron chi connectivity index (χ3n) is 5.94. The Morgan fingerprint density at radius 1 is 0.944 bits per heavy atom. The normalized spacial score (nSPS) is 12.0. The first kappa shape index (κ1) is 23.7. The lowest BCUT2D eigenvalue weighted by Crippen LogP contribution is -2.12. The molecular weight excluding hydrogens is 472 g/mol. The zero-order valence-electron chi connectivity index (χ0n) is 20.3. The van der Waals surface area contributed by atoms with E-state index in [-0.39, 0.29) is 17.6 Å². The van der Waals surface area contributed by atoms with Crippen LogP contribution in [0.25, 0.3) is 16.6 Å². The van der Waals surface area contributed by atoms with Crippen molar-refractivity contribution in [1.29, 1.82) is 0 Å². The number of aromatic nitrogens is 4. The maximum Gasteiger partial charge on any atom is 0.196 e. The minimum Gasteiger partial charge on any atom is -0.497 e. The van der Waals surface area contributed by atoms with Crippen LogP contribution in [0.15, 0.2) is 90.2 Å². The van der Waals surface area contributed by atoms with E-state index in [1.807, 2.05) is 108 Å². The second kappa shape index (κ2) is 10.3. The van der Waals surface area contributed by atoms with Gasteiger partial charge in [-0.1, -0.05) is 48.2 Å². The van der Waals surface area contributed by atoms with Gasteiger partial charge in [-0.2, -0.15) is 0 Å². The average molecular weight is 499 g/mol. The molecule has 0 saturated heterocycles. The molecule has 1 unspecified atom stereocenters. The molecule has 2 aromatic heterocycles. The fraction of sp³-hybridized carbons (Fsp3) is 0.179. The minimum atomic E-state index is -0.380. The summed E-state index contributed by atoms with van der Waals surface area (Å²) in [5.74, 6) is 2.40. The van der Waals surface area contributed by atoms with Crippen LogP contribution in [0.1, 0.15) is 29.2 Å². The maximum atomic E-state index is 13.2. The fourth-order valence-electron chi connectivity index (χ4n) is 4.14. The summed E-state index contributed by atoms with van der Waals surface area (Å²) < 4.78 is 15.3. The summed E-state index contributed by atoms with van der Waals surface area (Å²) >= 11 is 1.37. The standard InChI is InChI=1S/C28H26N4O3S/c1-19(35-22-15-13-21(34-3)14-16-22)27-29-30-28(32(27)20-9-5-4-6-10-20)36-18-26(33)24-17-31(2)25-12-8-7-11-23(24)25/h4-17,19H,18H2,1-3H3. The molecule has 3 aromatic carbocycles. The number of benzene rings is 3. The highest BCUT2D eigenvalue weighted by Crippen LogP contribution is 2.30. The van der Waals surface area contributed by atoms with Crippen molar-refractivity contribution < 1.29 is 14.3 Å². The number of methoxy groups -OCH3 is 1. The van der Waals surface area contributed by atoms with Gasteiger partial charge in [-0.3, -0.25) is 9.36 Å². The van der Waals surface area contributed by atoms with Crippen LogP contribution < -0.4 is 9.47 Å². The number of hydrogen-bond acceptors (Lipinski definition) is 6. The van der Waals surface area contributed by atoms with Crippen LogP contribution in [-0.4, -0.2) is 38.0 Å². The predicted octanol–water partition coefficient (Wildman–Crippen LogP) is 5.88. The molecule has 0 aliphatic carbocycles. The van der Waals surface area contributed by atoms with Crippen LogP contribution in [0, 0.1) is 0 Å². The Balaban J connectivity index is 1.41. The van der Waals surface area contributed by atoms with Crippen molar-refractivity contribution in [2.24, 2.45) is 7.05 Å². The molecule has 182 valence electrons. The number of fused-ring (bicyclic) bond motifs is 1. The molecule has 0 spiro atoms. The van der Waals surface area contributed by atoms with E-state index in [1.54, 1.807) is 7.11 Å². The monoisotopic (exact) mass is 498 g/mol. The lowest BCUT2D eigenvalue weighted by Gasteiger charge is -2.17. The zero-order chi connectivity index (χ0) is 25.1. The van der Waals surface area contributed by atoms with Crippen molar-refractivity contribution in [1.82, 2.24) is 19.3 Å². The van der Waals surface area contributed by atoms with Crippen molar-refractivity contribution in [2.75, 3.05) is 12.9 Å². The number of ether oxygens (including phenoxy) is 2. The lowest BCUT2D eigenvalue weighted by molar-refractivity contribution is 0.102. The van der Waals surface area contributed by atoms with Gasteiger partial charge in [-0.25, -0.2) is 0 Å². The number of ketones is 1. The molecule has 0 N–H and O–H groups in total. The summed E-state index contributed by atoms with van der Waals surface area (Å²) in [4.78, 5) is 13.2. The number of aryl methyl sites for hydroxylation is 1. The molecule has 0 radical (unpaired) electrons. The van der Waals surface area contributed by atoms with E-state index in [9.17, 15) is 4.79 Å². The van der Waals surface area contributed by atoms with Crippen LogP contribution in [0.3, 0.4) is 0 Å². The number of para-hydroxylation sites is 2. The summed E-state index contributed by atoms with van der Waals surface area (Å²) in [5, 5.41) is 10.5. The van der Waals surface area contributed by atoms with Gasteiger partial charge >= 0.3 is 0 Å². The Labute approximate surface area is 213 Å². The molecule has 0 aliphatic heterocycles. The minimum absolute atomic E-state index is 0.0449. The summed E-state index contributed by atoms with van der Waals surface area (Å²) in [5.41, 5.74) is 2.65. The van der Waals surface area contributed by atoms with E-state index in [0.717, 1.165) is 22.3 Å². The fourth-order valence-corrected chi connectivity index (χ4v) is 4.98. The molecular formula is C28H26N4O3S. The summed E-state index contributed by atoms with van der Waals surface area (Å²) in [6.45, 7) is 1.93. The Bertz CT molecular complexity index is 1490. The second-order valence-corrected chi connectivity index (χ2v) is 9.27. The Hall–Kier alpha value is -4.04. The lowest BCUT2D eigenvalue weighted by atomic mass is 10.1. The van der Waals surface area contributed by atoms with Crippen molar-refractivity contribution in [3.05, 3.63) is 96.4 Å². The maximum absolute atomic E-state index is 13.2. The summed E-state index contributed by atoms with van der Waals surface area (Å²) in [7, 11) is 3.58. The van der Waals surface area contributed by atoms with Gasteiger partial charge < -0.3 is 14.0 Å². The highest BCUT2D eigenvalue weighted by atomic mass is 32.2. The quantitative estimate of drug-likeness (QED) is 0.187. The van der Waals surface area contributed by atoms with Gasteiger partial charge in [-0.05, 0) is 49.4 Å². The van der Waals surface area contributed by atoms with Gasteiger partial charge in [0.25, 0.3) is 0 Å².